The number of aromatic nitrogens is 3. The van der Waals surface area contributed by atoms with Gasteiger partial charge in [0, 0.05) is 13.0 Å². The van der Waals surface area contributed by atoms with Gasteiger partial charge in [-0.05, 0) is 6.42 Å². The molecule has 0 aromatic carbocycles. The Hall–Kier alpha value is -1.67. The average molecular weight is 300 g/mol. The highest BCUT2D eigenvalue weighted by atomic mass is 16.6. The van der Waals surface area contributed by atoms with Crippen LogP contribution in [0.1, 0.15) is 31.9 Å². The van der Waals surface area contributed by atoms with E-state index in [9.17, 15) is 4.79 Å². The highest BCUT2D eigenvalue weighted by Crippen LogP contribution is 1.98. The van der Waals surface area contributed by atoms with E-state index in [2.05, 4.69) is 17.1 Å². The number of nitrogens with zero attached hydrogens (tertiary/aromatic N) is 3. The number of carbonyl (C=O) groups is 1. The van der Waals surface area contributed by atoms with Gasteiger partial charge in [-0.3, -0.25) is 4.79 Å². The van der Waals surface area contributed by atoms with Crippen molar-refractivity contribution in [3.8, 4) is 0 Å². The highest BCUT2D eigenvalue weighted by Gasteiger charge is 2.06. The maximum atomic E-state index is 11.4. The van der Waals surface area contributed by atoms with Gasteiger partial charge in [0.05, 0.1) is 38.1 Å². The molecule has 21 heavy (non-hydrogen) atoms. The lowest BCUT2D eigenvalue weighted by molar-refractivity contribution is -0.145. The van der Waals surface area contributed by atoms with Crippen LogP contribution in [0, 0.1) is 0 Å². The molecule has 8 heteroatoms. The molecule has 1 rings (SSSR count). The van der Waals surface area contributed by atoms with Gasteiger partial charge in [-0.1, -0.05) is 18.3 Å². The number of nitrogen functional groups attached to an aromatic ring is 1. The lowest BCUT2D eigenvalue weighted by atomic mass is 10.2. The molecule has 0 amide bonds. The summed E-state index contributed by atoms with van der Waals surface area (Å²) in [6.45, 7) is 4.59. The van der Waals surface area contributed by atoms with Crippen molar-refractivity contribution < 1.29 is 19.0 Å². The second-order valence-electron chi connectivity index (χ2n) is 4.46. The Kier molecular flexibility index (Phi) is 9.14. The molecule has 1 aromatic rings. The third-order valence-electron chi connectivity index (χ3n) is 2.65. The number of hydrogen-bond donors (Lipinski definition) is 1. The largest absolute Gasteiger partial charge is 0.463 e. The Balaban J connectivity index is 1.89. The van der Waals surface area contributed by atoms with E-state index >= 15 is 0 Å². The van der Waals surface area contributed by atoms with Gasteiger partial charge in [0.2, 0.25) is 0 Å². The van der Waals surface area contributed by atoms with E-state index < -0.39 is 0 Å². The van der Waals surface area contributed by atoms with Gasteiger partial charge >= 0.3 is 5.97 Å². The fraction of sp³-hybridized carbons (Fsp3) is 0.769. The molecule has 0 bridgehead atoms. The van der Waals surface area contributed by atoms with Crippen molar-refractivity contribution in [1.29, 1.82) is 0 Å². The number of rotatable bonds is 12. The van der Waals surface area contributed by atoms with Crippen LogP contribution in [0.5, 0.6) is 0 Å². The SMILES string of the molecule is CCCCOCCOCCOC(=O)CCc1cnn(N)n1. The minimum atomic E-state index is -0.288. The minimum absolute atomic E-state index is 0.247. The zero-order chi connectivity index (χ0) is 15.3. The molecule has 0 unspecified atom stereocenters. The minimum Gasteiger partial charge on any atom is -0.463 e. The molecule has 8 nitrogen and oxygen atoms in total. The van der Waals surface area contributed by atoms with Crippen LogP contribution in [0.2, 0.25) is 0 Å². The van der Waals surface area contributed by atoms with E-state index in [4.69, 9.17) is 20.1 Å². The molecule has 1 heterocycles. The molecule has 1 aromatic heterocycles. The van der Waals surface area contributed by atoms with E-state index in [1.54, 1.807) is 0 Å². The fourth-order valence-corrected chi connectivity index (χ4v) is 1.51. The first-order valence-electron chi connectivity index (χ1n) is 7.19. The van der Waals surface area contributed by atoms with Crippen LogP contribution in [0.4, 0.5) is 0 Å². The number of aryl methyl sites for hydroxylation is 1. The molecule has 0 radical (unpaired) electrons. The summed E-state index contributed by atoms with van der Waals surface area (Å²) in [7, 11) is 0. The Morgan fingerprint density at radius 2 is 1.95 bits per heavy atom. The Labute approximate surface area is 124 Å². The first-order valence-corrected chi connectivity index (χ1v) is 7.19. The van der Waals surface area contributed by atoms with Gasteiger partial charge in [0.1, 0.15) is 6.61 Å². The van der Waals surface area contributed by atoms with Crippen molar-refractivity contribution in [2.24, 2.45) is 0 Å². The van der Waals surface area contributed by atoms with E-state index in [0.29, 0.717) is 31.9 Å². The first kappa shape index (κ1) is 17.4. The molecule has 0 saturated heterocycles. The summed E-state index contributed by atoms with van der Waals surface area (Å²) in [5.41, 5.74) is 0.662. The molecular weight excluding hydrogens is 276 g/mol. The highest BCUT2D eigenvalue weighted by molar-refractivity contribution is 5.69. The quantitative estimate of drug-likeness (QED) is 0.336. The maximum absolute atomic E-state index is 11.4. The van der Waals surface area contributed by atoms with Crippen LogP contribution < -0.4 is 5.84 Å². The van der Waals surface area contributed by atoms with Crippen LogP contribution >= 0.6 is 0 Å². The smallest absolute Gasteiger partial charge is 0.306 e. The molecule has 0 aliphatic rings. The van der Waals surface area contributed by atoms with Crippen molar-refractivity contribution >= 4 is 5.97 Å². The third-order valence-corrected chi connectivity index (χ3v) is 2.65. The van der Waals surface area contributed by atoms with Gasteiger partial charge in [0.25, 0.3) is 0 Å². The second kappa shape index (κ2) is 11.0. The van der Waals surface area contributed by atoms with Crippen molar-refractivity contribution in [3.63, 3.8) is 0 Å². The Morgan fingerprint density at radius 1 is 1.24 bits per heavy atom. The van der Waals surface area contributed by atoms with E-state index in [1.165, 1.54) is 6.20 Å². The normalized spacial score (nSPS) is 10.7. The van der Waals surface area contributed by atoms with E-state index in [-0.39, 0.29) is 19.0 Å². The second-order valence-corrected chi connectivity index (χ2v) is 4.46. The first-order chi connectivity index (χ1) is 10.2. The van der Waals surface area contributed by atoms with Gasteiger partial charge in [-0.15, -0.1) is 10.2 Å². The number of unbranched alkanes of at least 4 members (excludes halogenated alkanes) is 1. The molecule has 0 aliphatic carbocycles. The summed E-state index contributed by atoms with van der Waals surface area (Å²) < 4.78 is 15.6. The van der Waals surface area contributed by atoms with Gasteiger partial charge in [-0.2, -0.15) is 0 Å². The van der Waals surface area contributed by atoms with Crippen LogP contribution in [0.3, 0.4) is 0 Å². The topological polar surface area (TPSA) is 101 Å². The van der Waals surface area contributed by atoms with Gasteiger partial charge in [0.15, 0.2) is 0 Å². The average Bonchev–Trinajstić information content (AvgIpc) is 2.89. The number of nitrogens with two attached hydrogens (primary N) is 1. The van der Waals surface area contributed by atoms with Crippen molar-refractivity contribution in [2.75, 3.05) is 38.9 Å². The molecular formula is C13H24N4O4. The molecule has 120 valence electrons. The van der Waals surface area contributed by atoms with Gasteiger partial charge < -0.3 is 20.1 Å². The van der Waals surface area contributed by atoms with E-state index in [1.807, 2.05) is 0 Å². The molecule has 0 fully saturated rings. The fourth-order valence-electron chi connectivity index (χ4n) is 1.51. The zero-order valence-electron chi connectivity index (χ0n) is 12.5. The standard InChI is InChI=1S/C13H24N4O4/c1-2-3-6-19-7-8-20-9-10-21-13(18)5-4-12-11-15-17(14)16-12/h11H,2-10,14H2,1H3. The number of carbonyl (C=O) groups excluding carboxylic acids is 1. The predicted molar refractivity (Wildman–Crippen MR) is 76.0 cm³/mol. The number of ether oxygens (including phenoxy) is 3. The molecule has 0 saturated carbocycles. The Bertz CT molecular complexity index is 397. The molecule has 0 aliphatic heterocycles. The summed E-state index contributed by atoms with van der Waals surface area (Å²) in [5.74, 6) is 5.01. The maximum Gasteiger partial charge on any atom is 0.306 e. The van der Waals surface area contributed by atoms with Crippen LogP contribution in [-0.2, 0) is 25.4 Å². The Morgan fingerprint density at radius 3 is 2.62 bits per heavy atom. The number of hydrogen-bond acceptors (Lipinski definition) is 7. The number of esters is 1. The van der Waals surface area contributed by atoms with E-state index in [0.717, 1.165) is 24.4 Å². The molecule has 2 N–H and O–H groups in total. The van der Waals surface area contributed by atoms with Crippen LogP contribution in [-0.4, -0.2) is 54.1 Å². The lowest BCUT2D eigenvalue weighted by Gasteiger charge is -2.06. The predicted octanol–water partition coefficient (Wildman–Crippen LogP) is 0.301. The summed E-state index contributed by atoms with van der Waals surface area (Å²) in [6.07, 6.45) is 4.42. The third kappa shape index (κ3) is 8.98. The molecule has 0 atom stereocenters. The summed E-state index contributed by atoms with van der Waals surface area (Å²) in [5, 5.41) is 7.59. The zero-order valence-corrected chi connectivity index (χ0v) is 12.5. The molecule has 0 spiro atoms. The summed E-state index contributed by atoms with van der Waals surface area (Å²) in [6, 6.07) is 0. The van der Waals surface area contributed by atoms with Crippen molar-refractivity contribution in [2.45, 2.75) is 32.6 Å². The van der Waals surface area contributed by atoms with Crippen molar-refractivity contribution in [3.05, 3.63) is 11.9 Å². The summed E-state index contributed by atoms with van der Waals surface area (Å²) >= 11 is 0. The van der Waals surface area contributed by atoms with Crippen molar-refractivity contribution in [1.82, 2.24) is 15.1 Å². The van der Waals surface area contributed by atoms with Gasteiger partial charge in [-0.25, -0.2) is 0 Å². The van der Waals surface area contributed by atoms with Crippen LogP contribution in [0.15, 0.2) is 6.20 Å². The van der Waals surface area contributed by atoms with Crippen LogP contribution in [0.25, 0.3) is 0 Å². The summed E-state index contributed by atoms with van der Waals surface area (Å²) in [4.78, 5) is 12.4. The monoisotopic (exact) mass is 300 g/mol. The lowest BCUT2D eigenvalue weighted by Crippen LogP contribution is -2.14.